The Balaban J connectivity index is 1.97. The van der Waals surface area contributed by atoms with E-state index in [0.717, 1.165) is 37.2 Å². The van der Waals surface area contributed by atoms with Crippen LogP contribution in [-0.4, -0.2) is 35.0 Å². The molecule has 0 radical (unpaired) electrons. The first-order valence-electron chi connectivity index (χ1n) is 6.86. The molecule has 2 aliphatic rings. The van der Waals surface area contributed by atoms with Gasteiger partial charge in [-0.1, -0.05) is 6.92 Å². The molecule has 0 saturated carbocycles. The Kier molecular flexibility index (Phi) is 3.00. The van der Waals surface area contributed by atoms with Gasteiger partial charge in [0.15, 0.2) is 0 Å². The van der Waals surface area contributed by atoms with Gasteiger partial charge in [-0.05, 0) is 19.3 Å². The molecule has 0 aliphatic carbocycles. The molecule has 1 aromatic heterocycles. The quantitative estimate of drug-likeness (QED) is 0.802. The number of rotatable bonds is 2. The molecule has 0 aromatic carbocycles. The van der Waals surface area contributed by atoms with Crippen molar-refractivity contribution in [3.8, 4) is 0 Å². The molecule has 1 aromatic rings. The minimum atomic E-state index is 0.0923. The van der Waals surface area contributed by atoms with Crippen molar-refractivity contribution in [3.05, 3.63) is 11.9 Å². The highest BCUT2D eigenvalue weighted by molar-refractivity contribution is 5.83. The minimum Gasteiger partial charge on any atom is -0.383 e. The van der Waals surface area contributed by atoms with Crippen molar-refractivity contribution >= 4 is 17.5 Å². The van der Waals surface area contributed by atoms with Crippen molar-refractivity contribution in [1.29, 1.82) is 0 Å². The third kappa shape index (κ3) is 1.91. The van der Waals surface area contributed by atoms with Gasteiger partial charge < -0.3 is 16.0 Å². The summed E-state index contributed by atoms with van der Waals surface area (Å²) in [6.07, 6.45) is 4.30. The molecule has 2 atom stereocenters. The average Bonchev–Trinajstić information content (AvgIpc) is 2.80. The number of nitrogens with zero attached hydrogens (tertiary/aromatic N) is 3. The van der Waals surface area contributed by atoms with Crippen LogP contribution in [0.2, 0.25) is 0 Å². The Labute approximate surface area is 112 Å². The molecule has 102 valence electrons. The number of nitrogens with two attached hydrogens (primary N) is 1. The molecule has 0 bridgehead atoms. The SMILES string of the molecule is CCc1c(N)ncnc1N1CCCC2C(=O)NCC21. The molecule has 2 saturated heterocycles. The van der Waals surface area contributed by atoms with Crippen LogP contribution in [0.15, 0.2) is 6.33 Å². The predicted molar refractivity (Wildman–Crippen MR) is 72.7 cm³/mol. The van der Waals surface area contributed by atoms with Gasteiger partial charge in [0, 0.05) is 18.7 Å². The van der Waals surface area contributed by atoms with E-state index in [1.807, 2.05) is 0 Å². The average molecular weight is 261 g/mol. The van der Waals surface area contributed by atoms with Crippen LogP contribution in [0.5, 0.6) is 0 Å². The normalized spacial score (nSPS) is 26.2. The number of nitrogen functional groups attached to an aromatic ring is 1. The summed E-state index contributed by atoms with van der Waals surface area (Å²) in [7, 11) is 0. The Hall–Kier alpha value is -1.85. The van der Waals surface area contributed by atoms with Gasteiger partial charge in [0.1, 0.15) is 18.0 Å². The van der Waals surface area contributed by atoms with E-state index in [-0.39, 0.29) is 17.9 Å². The van der Waals surface area contributed by atoms with E-state index >= 15 is 0 Å². The van der Waals surface area contributed by atoms with Crippen LogP contribution in [0.1, 0.15) is 25.3 Å². The van der Waals surface area contributed by atoms with Crippen molar-refractivity contribution in [2.75, 3.05) is 23.7 Å². The molecular formula is C13H19N5O. The number of amides is 1. The molecule has 2 unspecified atom stereocenters. The summed E-state index contributed by atoms with van der Waals surface area (Å²) < 4.78 is 0. The third-order valence-electron chi connectivity index (χ3n) is 4.18. The molecule has 1 amide bonds. The topological polar surface area (TPSA) is 84.1 Å². The smallest absolute Gasteiger partial charge is 0.225 e. The molecular weight excluding hydrogens is 242 g/mol. The first-order chi connectivity index (χ1) is 9.22. The highest BCUT2D eigenvalue weighted by Crippen LogP contribution is 2.33. The molecule has 19 heavy (non-hydrogen) atoms. The first kappa shape index (κ1) is 12.2. The van der Waals surface area contributed by atoms with Gasteiger partial charge in [-0.3, -0.25) is 4.79 Å². The summed E-state index contributed by atoms with van der Waals surface area (Å²) >= 11 is 0. The van der Waals surface area contributed by atoms with Gasteiger partial charge in [0.05, 0.1) is 12.0 Å². The van der Waals surface area contributed by atoms with Crippen molar-refractivity contribution < 1.29 is 4.79 Å². The van der Waals surface area contributed by atoms with Gasteiger partial charge in [-0.25, -0.2) is 9.97 Å². The molecule has 3 heterocycles. The van der Waals surface area contributed by atoms with Crippen LogP contribution in [-0.2, 0) is 11.2 Å². The number of fused-ring (bicyclic) bond motifs is 1. The van der Waals surface area contributed by atoms with Gasteiger partial charge >= 0.3 is 0 Å². The number of carbonyl (C=O) groups excluding carboxylic acids is 1. The number of aromatic nitrogens is 2. The van der Waals surface area contributed by atoms with Gasteiger partial charge in [0.2, 0.25) is 5.91 Å². The van der Waals surface area contributed by atoms with E-state index in [1.165, 1.54) is 6.33 Å². The van der Waals surface area contributed by atoms with E-state index in [4.69, 9.17) is 5.73 Å². The first-order valence-corrected chi connectivity index (χ1v) is 6.86. The van der Waals surface area contributed by atoms with Crippen molar-refractivity contribution in [3.63, 3.8) is 0 Å². The second-order valence-electron chi connectivity index (χ2n) is 5.17. The number of carbonyl (C=O) groups is 1. The molecule has 6 nitrogen and oxygen atoms in total. The summed E-state index contributed by atoms with van der Waals surface area (Å²) in [5, 5.41) is 2.96. The van der Waals surface area contributed by atoms with E-state index in [9.17, 15) is 4.79 Å². The second kappa shape index (κ2) is 4.68. The fourth-order valence-corrected chi connectivity index (χ4v) is 3.22. The number of hydrogen-bond acceptors (Lipinski definition) is 5. The zero-order chi connectivity index (χ0) is 13.4. The van der Waals surface area contributed by atoms with Gasteiger partial charge in [-0.2, -0.15) is 0 Å². The highest BCUT2D eigenvalue weighted by atomic mass is 16.2. The highest BCUT2D eigenvalue weighted by Gasteiger charge is 2.41. The van der Waals surface area contributed by atoms with Crippen molar-refractivity contribution in [2.24, 2.45) is 5.92 Å². The zero-order valence-corrected chi connectivity index (χ0v) is 11.1. The third-order valence-corrected chi connectivity index (χ3v) is 4.18. The lowest BCUT2D eigenvalue weighted by molar-refractivity contribution is -0.122. The Morgan fingerprint density at radius 1 is 1.53 bits per heavy atom. The van der Waals surface area contributed by atoms with Gasteiger partial charge in [-0.15, -0.1) is 0 Å². The summed E-state index contributed by atoms with van der Waals surface area (Å²) in [6, 6.07) is 0.209. The van der Waals surface area contributed by atoms with Crippen LogP contribution in [0, 0.1) is 5.92 Å². The summed E-state index contributed by atoms with van der Waals surface area (Å²) in [6.45, 7) is 3.69. The Bertz CT molecular complexity index is 504. The van der Waals surface area contributed by atoms with E-state index in [1.54, 1.807) is 0 Å². The number of nitrogens with one attached hydrogen (secondary N) is 1. The maximum atomic E-state index is 11.8. The monoisotopic (exact) mass is 261 g/mol. The van der Waals surface area contributed by atoms with E-state index < -0.39 is 0 Å². The van der Waals surface area contributed by atoms with Crippen LogP contribution in [0.3, 0.4) is 0 Å². The lowest BCUT2D eigenvalue weighted by Crippen LogP contribution is -2.46. The van der Waals surface area contributed by atoms with Crippen molar-refractivity contribution in [2.45, 2.75) is 32.2 Å². The van der Waals surface area contributed by atoms with Crippen LogP contribution in [0.4, 0.5) is 11.6 Å². The summed E-state index contributed by atoms with van der Waals surface area (Å²) in [4.78, 5) is 22.5. The number of anilines is 2. The van der Waals surface area contributed by atoms with Crippen LogP contribution < -0.4 is 16.0 Å². The van der Waals surface area contributed by atoms with Crippen LogP contribution in [0.25, 0.3) is 0 Å². The molecule has 0 spiro atoms. The van der Waals surface area contributed by atoms with Crippen LogP contribution >= 0.6 is 0 Å². The maximum Gasteiger partial charge on any atom is 0.225 e. The molecule has 3 N–H and O–H groups in total. The van der Waals surface area contributed by atoms with E-state index in [0.29, 0.717) is 12.4 Å². The molecule has 2 fully saturated rings. The lowest BCUT2D eigenvalue weighted by atomic mass is 9.91. The van der Waals surface area contributed by atoms with Crippen molar-refractivity contribution in [1.82, 2.24) is 15.3 Å². The molecule has 2 aliphatic heterocycles. The summed E-state index contributed by atoms with van der Waals surface area (Å²) in [5.41, 5.74) is 6.93. The van der Waals surface area contributed by atoms with E-state index in [2.05, 4.69) is 27.1 Å². The number of hydrogen-bond donors (Lipinski definition) is 2. The Morgan fingerprint density at radius 2 is 2.37 bits per heavy atom. The largest absolute Gasteiger partial charge is 0.383 e. The molecule has 6 heteroatoms. The standard InChI is InChI=1S/C13H19N5O/c1-2-8-11(14)16-7-17-12(8)18-5-3-4-9-10(18)6-15-13(9)19/h7,9-10H,2-6H2,1H3,(H,15,19)(H2,14,16,17). The predicted octanol–water partition coefficient (Wildman–Crippen LogP) is 0.336. The zero-order valence-electron chi connectivity index (χ0n) is 11.1. The molecule has 3 rings (SSSR count). The fraction of sp³-hybridized carbons (Fsp3) is 0.615. The Morgan fingerprint density at radius 3 is 3.16 bits per heavy atom. The number of piperidine rings is 1. The lowest BCUT2D eigenvalue weighted by Gasteiger charge is -2.37. The fourth-order valence-electron chi connectivity index (χ4n) is 3.22. The maximum absolute atomic E-state index is 11.8. The minimum absolute atomic E-state index is 0.0923. The van der Waals surface area contributed by atoms with Gasteiger partial charge in [0.25, 0.3) is 0 Å². The second-order valence-corrected chi connectivity index (χ2v) is 5.17. The summed E-state index contributed by atoms with van der Waals surface area (Å²) in [5.74, 6) is 1.72.